The molecule has 3 aromatic carbocycles. The average Bonchev–Trinajstić information content (AvgIpc) is 3.53. The predicted molar refractivity (Wildman–Crippen MR) is 146 cm³/mol. The van der Waals surface area contributed by atoms with Crippen LogP contribution in [0.4, 0.5) is 14.9 Å². The summed E-state index contributed by atoms with van der Waals surface area (Å²) in [5.74, 6) is -0.850. The van der Waals surface area contributed by atoms with Gasteiger partial charge in [-0.05, 0) is 47.4 Å². The summed E-state index contributed by atoms with van der Waals surface area (Å²) in [4.78, 5) is 40.2. The second kappa shape index (κ2) is 11.4. The Kier molecular flexibility index (Phi) is 7.58. The highest BCUT2D eigenvalue weighted by Gasteiger charge is 2.32. The smallest absolute Gasteiger partial charge is 0.414 e. The van der Waals surface area contributed by atoms with Crippen molar-refractivity contribution in [1.82, 2.24) is 15.6 Å². The molecule has 1 saturated heterocycles. The largest absolute Gasteiger partial charge is 0.442 e. The summed E-state index contributed by atoms with van der Waals surface area (Å²) < 4.78 is 20.3. The lowest BCUT2D eigenvalue weighted by Crippen LogP contribution is -2.33. The number of anilines is 1. The molecule has 1 atom stereocenters. The van der Waals surface area contributed by atoms with Gasteiger partial charge in [0.1, 0.15) is 11.9 Å². The number of nitrogens with one attached hydrogen (secondary N) is 3. The first-order valence-corrected chi connectivity index (χ1v) is 12.6. The van der Waals surface area contributed by atoms with E-state index in [4.69, 9.17) is 4.74 Å². The molecule has 0 saturated carbocycles. The van der Waals surface area contributed by atoms with Crippen molar-refractivity contribution in [2.24, 2.45) is 0 Å². The van der Waals surface area contributed by atoms with Crippen LogP contribution in [0.15, 0.2) is 72.9 Å². The summed E-state index contributed by atoms with van der Waals surface area (Å²) in [5.41, 5.74) is 4.43. The van der Waals surface area contributed by atoms with Crippen LogP contribution in [-0.4, -0.2) is 42.1 Å². The summed E-state index contributed by atoms with van der Waals surface area (Å²) in [5, 5.41) is 6.61. The number of nitrogens with zero attached hydrogens (tertiary/aromatic N) is 1. The minimum Gasteiger partial charge on any atom is -0.442 e. The van der Waals surface area contributed by atoms with E-state index < -0.39 is 18.0 Å². The van der Waals surface area contributed by atoms with E-state index in [9.17, 15) is 14.4 Å². The van der Waals surface area contributed by atoms with Crippen molar-refractivity contribution in [1.29, 1.82) is 0 Å². The predicted octanol–water partition coefficient (Wildman–Crippen LogP) is 4.50. The van der Waals surface area contributed by atoms with E-state index in [0.29, 0.717) is 29.8 Å². The van der Waals surface area contributed by atoms with Crippen molar-refractivity contribution >= 4 is 34.5 Å². The van der Waals surface area contributed by atoms with Gasteiger partial charge in [-0.2, -0.15) is 0 Å². The highest BCUT2D eigenvalue weighted by Crippen LogP contribution is 2.29. The van der Waals surface area contributed by atoms with Crippen LogP contribution in [0.1, 0.15) is 18.1 Å². The van der Waals surface area contributed by atoms with Crippen LogP contribution in [0.5, 0.6) is 0 Å². The van der Waals surface area contributed by atoms with Gasteiger partial charge in [0.15, 0.2) is 0 Å². The molecule has 0 bridgehead atoms. The van der Waals surface area contributed by atoms with Gasteiger partial charge in [-0.3, -0.25) is 14.5 Å². The van der Waals surface area contributed by atoms with Crippen molar-refractivity contribution in [3.63, 3.8) is 0 Å². The van der Waals surface area contributed by atoms with Gasteiger partial charge < -0.3 is 20.4 Å². The van der Waals surface area contributed by atoms with Crippen LogP contribution >= 0.6 is 0 Å². The average molecular weight is 528 g/mol. The van der Waals surface area contributed by atoms with Gasteiger partial charge in [-0.25, -0.2) is 9.18 Å². The number of hydrogen-bond acceptors (Lipinski definition) is 4. The first-order chi connectivity index (χ1) is 18.9. The summed E-state index contributed by atoms with van der Waals surface area (Å²) in [6.07, 6.45) is 2.99. The molecule has 3 amide bonds. The van der Waals surface area contributed by atoms with Gasteiger partial charge >= 0.3 is 6.09 Å². The number of halogens is 1. The van der Waals surface area contributed by atoms with E-state index in [1.54, 1.807) is 30.7 Å². The number of amides is 3. The fourth-order valence-corrected chi connectivity index (χ4v) is 4.57. The highest BCUT2D eigenvalue weighted by molar-refractivity contribution is 5.90. The van der Waals surface area contributed by atoms with E-state index in [0.717, 1.165) is 22.0 Å². The Bertz CT molecular complexity index is 1520. The van der Waals surface area contributed by atoms with Crippen LogP contribution in [0.3, 0.4) is 0 Å². The molecule has 9 heteroatoms. The number of ether oxygens (including phenoxy) is 1. The van der Waals surface area contributed by atoms with E-state index in [2.05, 4.69) is 15.6 Å². The van der Waals surface area contributed by atoms with Crippen molar-refractivity contribution in [3.8, 4) is 11.1 Å². The van der Waals surface area contributed by atoms with Crippen LogP contribution in [0.25, 0.3) is 22.0 Å². The van der Waals surface area contributed by atoms with E-state index in [1.165, 1.54) is 17.9 Å². The Morgan fingerprint density at radius 2 is 1.90 bits per heavy atom. The van der Waals surface area contributed by atoms with Crippen molar-refractivity contribution in [3.05, 3.63) is 96.3 Å². The molecular formula is C30H28FN4O4. The van der Waals surface area contributed by atoms with Crippen molar-refractivity contribution in [2.75, 3.05) is 18.0 Å². The molecule has 5 rings (SSSR count). The SMILES string of the molecule is CC(=O)NC[C@H]1CN(c2ccc(-c3ccc(CNC(=O)[CH]Cc4c[nH]c5ccccc45)cc3)c(F)c2)C(=O)O1. The number of fused-ring (bicyclic) bond motifs is 1. The number of aromatic nitrogens is 1. The number of hydrogen-bond donors (Lipinski definition) is 3. The number of para-hydroxylation sites is 1. The second-order valence-corrected chi connectivity index (χ2v) is 9.40. The Morgan fingerprint density at radius 1 is 1.10 bits per heavy atom. The van der Waals surface area contributed by atoms with E-state index in [-0.39, 0.29) is 24.9 Å². The minimum atomic E-state index is -0.581. The number of rotatable bonds is 9. The summed E-state index contributed by atoms with van der Waals surface area (Å²) in [6, 6.07) is 19.8. The lowest BCUT2D eigenvalue weighted by Gasteiger charge is -2.15. The molecule has 1 radical (unpaired) electrons. The Balaban J connectivity index is 1.15. The molecule has 39 heavy (non-hydrogen) atoms. The maximum Gasteiger partial charge on any atom is 0.414 e. The molecule has 199 valence electrons. The first kappa shape index (κ1) is 26.0. The topological polar surface area (TPSA) is 104 Å². The standard InChI is InChI=1S/C30H28FN4O4/c1-19(36)32-17-24-18-35(30(38)39-24)23-11-12-25(27(31)14-23)21-8-6-20(7-9-21)15-34-29(37)13-10-22-16-33-28-5-3-2-4-26(22)28/h2-9,11-14,16,24,33H,10,15,17-18H2,1H3,(H,32,36)(H,34,37)/t24-/m0/s1. The van der Waals surface area contributed by atoms with Crippen molar-refractivity contribution < 1.29 is 23.5 Å². The first-order valence-electron chi connectivity index (χ1n) is 12.6. The van der Waals surface area contributed by atoms with Gasteiger partial charge in [-0.1, -0.05) is 42.5 Å². The Hall–Kier alpha value is -4.66. The Morgan fingerprint density at radius 3 is 2.67 bits per heavy atom. The number of carbonyl (C=O) groups excluding carboxylic acids is 3. The molecule has 1 aromatic heterocycles. The molecular weight excluding hydrogens is 499 g/mol. The van der Waals surface area contributed by atoms with Crippen LogP contribution in [0, 0.1) is 12.2 Å². The van der Waals surface area contributed by atoms with Crippen LogP contribution < -0.4 is 15.5 Å². The second-order valence-electron chi connectivity index (χ2n) is 9.40. The molecule has 0 unspecified atom stereocenters. The third-order valence-corrected chi connectivity index (χ3v) is 6.63. The monoisotopic (exact) mass is 527 g/mol. The number of aromatic amines is 1. The van der Waals surface area contributed by atoms with Crippen LogP contribution in [0.2, 0.25) is 0 Å². The van der Waals surface area contributed by atoms with Gasteiger partial charge in [0.05, 0.1) is 25.2 Å². The van der Waals surface area contributed by atoms with Gasteiger partial charge in [0, 0.05) is 36.1 Å². The molecule has 3 N–H and O–H groups in total. The lowest BCUT2D eigenvalue weighted by molar-refractivity contribution is -0.119. The number of H-pyrrole nitrogens is 1. The lowest BCUT2D eigenvalue weighted by atomic mass is 10.0. The molecule has 8 nitrogen and oxygen atoms in total. The zero-order valence-corrected chi connectivity index (χ0v) is 21.4. The van der Waals surface area contributed by atoms with E-state index >= 15 is 4.39 Å². The highest BCUT2D eigenvalue weighted by atomic mass is 19.1. The third kappa shape index (κ3) is 6.09. The summed E-state index contributed by atoms with van der Waals surface area (Å²) in [7, 11) is 0. The third-order valence-electron chi connectivity index (χ3n) is 6.63. The Labute approximate surface area is 225 Å². The molecule has 1 fully saturated rings. The minimum absolute atomic E-state index is 0.161. The van der Waals surface area contributed by atoms with Gasteiger partial charge in [0.2, 0.25) is 11.8 Å². The number of carbonyl (C=O) groups is 3. The molecule has 0 spiro atoms. The molecule has 4 aromatic rings. The summed E-state index contributed by atoms with van der Waals surface area (Å²) in [6.45, 7) is 2.16. The fourth-order valence-electron chi connectivity index (χ4n) is 4.57. The van der Waals surface area contributed by atoms with Gasteiger partial charge in [0.25, 0.3) is 0 Å². The molecule has 0 aliphatic carbocycles. The zero-order valence-electron chi connectivity index (χ0n) is 21.4. The molecule has 1 aliphatic rings. The normalized spacial score (nSPS) is 14.9. The quantitative estimate of drug-likeness (QED) is 0.298. The molecule has 1 aliphatic heterocycles. The van der Waals surface area contributed by atoms with Crippen LogP contribution in [-0.2, 0) is 27.3 Å². The van der Waals surface area contributed by atoms with Gasteiger partial charge in [-0.15, -0.1) is 0 Å². The van der Waals surface area contributed by atoms with Crippen molar-refractivity contribution in [2.45, 2.75) is 26.0 Å². The fraction of sp³-hybridized carbons (Fsp3) is 0.200. The molecule has 2 heterocycles. The number of benzene rings is 3. The number of cyclic esters (lactones) is 1. The maximum atomic E-state index is 15.0. The summed E-state index contributed by atoms with van der Waals surface area (Å²) >= 11 is 0. The zero-order chi connectivity index (χ0) is 27.4. The van der Waals surface area contributed by atoms with E-state index in [1.807, 2.05) is 42.6 Å². The maximum absolute atomic E-state index is 15.0.